The molecule has 0 aliphatic carbocycles. The number of para-hydroxylation sites is 2. The first kappa shape index (κ1) is 26.1. The van der Waals surface area contributed by atoms with Gasteiger partial charge >= 0.3 is 0 Å². The number of hydrogen-bond donors (Lipinski definition) is 2. The number of nitrogens with zero attached hydrogens (tertiary/aromatic N) is 2. The second-order valence-electron chi connectivity index (χ2n) is 10.2. The molecule has 2 aliphatic rings. The molecule has 2 N–H and O–H groups in total. The van der Waals surface area contributed by atoms with E-state index in [0.717, 1.165) is 35.0 Å². The van der Waals surface area contributed by atoms with Gasteiger partial charge in [-0.2, -0.15) is 4.72 Å². The number of piperidine rings is 1. The van der Waals surface area contributed by atoms with Crippen LogP contribution in [-0.2, 0) is 27.7 Å². The maximum Gasteiger partial charge on any atom is 0.243 e. The summed E-state index contributed by atoms with van der Waals surface area (Å²) in [5.74, 6) is 0.415. The third kappa shape index (κ3) is 5.81. The van der Waals surface area contributed by atoms with Gasteiger partial charge in [0.05, 0.1) is 27.6 Å². The molecule has 198 valence electrons. The van der Waals surface area contributed by atoms with Crippen LogP contribution in [0, 0.1) is 11.8 Å². The van der Waals surface area contributed by atoms with Crippen molar-refractivity contribution >= 4 is 43.2 Å². The van der Waals surface area contributed by atoms with E-state index in [0.29, 0.717) is 42.7 Å². The summed E-state index contributed by atoms with van der Waals surface area (Å²) in [4.78, 5) is 20.3. The van der Waals surface area contributed by atoms with Crippen LogP contribution in [0.3, 0.4) is 0 Å². The lowest BCUT2D eigenvalue weighted by atomic mass is 9.93. The van der Waals surface area contributed by atoms with Gasteiger partial charge in [0.1, 0.15) is 10.9 Å². The molecule has 2 atom stereocenters. The molecule has 1 unspecified atom stereocenters. The Labute approximate surface area is 221 Å². The second kappa shape index (κ2) is 11.0. The highest BCUT2D eigenvalue weighted by atomic mass is 32.2. The summed E-state index contributed by atoms with van der Waals surface area (Å²) in [6, 6.07) is 12.0. The van der Waals surface area contributed by atoms with E-state index in [1.807, 2.05) is 30.3 Å². The fourth-order valence-electron chi connectivity index (χ4n) is 5.32. The Morgan fingerprint density at radius 3 is 2.76 bits per heavy atom. The molecule has 0 radical (unpaired) electrons. The van der Waals surface area contributed by atoms with E-state index < -0.39 is 16.1 Å². The van der Waals surface area contributed by atoms with Crippen molar-refractivity contribution in [3.8, 4) is 0 Å². The molecular formula is C27H33FN4O3S2. The number of aromatic nitrogens is 1. The maximum atomic E-state index is 13.7. The van der Waals surface area contributed by atoms with Gasteiger partial charge in [-0.1, -0.05) is 31.2 Å². The summed E-state index contributed by atoms with van der Waals surface area (Å²) < 4.78 is 44.0. The van der Waals surface area contributed by atoms with Gasteiger partial charge in [0.2, 0.25) is 15.9 Å². The van der Waals surface area contributed by atoms with Crippen LogP contribution >= 0.6 is 11.3 Å². The van der Waals surface area contributed by atoms with Crippen LogP contribution in [0.5, 0.6) is 0 Å². The van der Waals surface area contributed by atoms with E-state index in [2.05, 4.69) is 21.9 Å². The highest BCUT2D eigenvalue weighted by Crippen LogP contribution is 2.32. The van der Waals surface area contributed by atoms with Crippen molar-refractivity contribution in [2.45, 2.75) is 50.0 Å². The number of carbonyl (C=O) groups excluding carboxylic acids is 1. The largest absolute Gasteiger partial charge is 0.383 e. The molecule has 2 aromatic carbocycles. The number of carbonyl (C=O) groups is 1. The van der Waals surface area contributed by atoms with Crippen LogP contribution in [0.25, 0.3) is 10.2 Å². The van der Waals surface area contributed by atoms with Crippen LogP contribution in [-0.4, -0.2) is 56.6 Å². The van der Waals surface area contributed by atoms with Crippen molar-refractivity contribution in [1.29, 1.82) is 0 Å². The van der Waals surface area contributed by atoms with Crippen LogP contribution in [0.15, 0.2) is 47.4 Å². The number of sulfonamides is 1. The van der Waals surface area contributed by atoms with Crippen molar-refractivity contribution in [3.05, 3.63) is 53.0 Å². The molecule has 10 heteroatoms. The van der Waals surface area contributed by atoms with E-state index in [4.69, 9.17) is 0 Å². The van der Waals surface area contributed by atoms with Crippen LogP contribution < -0.4 is 10.0 Å². The average Bonchev–Trinajstić information content (AvgIpc) is 3.30. The molecule has 0 saturated carbocycles. The number of thiazole rings is 1. The third-order valence-electron chi connectivity index (χ3n) is 7.35. The second-order valence-corrected chi connectivity index (χ2v) is 13.0. The van der Waals surface area contributed by atoms with Crippen molar-refractivity contribution < 1.29 is 17.6 Å². The zero-order valence-corrected chi connectivity index (χ0v) is 22.6. The Kier molecular flexibility index (Phi) is 7.78. The minimum Gasteiger partial charge on any atom is -0.383 e. The van der Waals surface area contributed by atoms with Gasteiger partial charge < -0.3 is 10.2 Å². The van der Waals surface area contributed by atoms with Gasteiger partial charge in [0, 0.05) is 26.1 Å². The zero-order chi connectivity index (χ0) is 26.0. The summed E-state index contributed by atoms with van der Waals surface area (Å²) in [6.45, 7) is 3.47. The Morgan fingerprint density at radius 1 is 1.22 bits per heavy atom. The lowest BCUT2D eigenvalue weighted by Crippen LogP contribution is -2.51. The first-order chi connectivity index (χ1) is 17.8. The van der Waals surface area contributed by atoms with Crippen molar-refractivity contribution in [1.82, 2.24) is 14.6 Å². The van der Waals surface area contributed by atoms with Crippen molar-refractivity contribution in [3.63, 3.8) is 0 Å². The molecule has 3 aromatic rings. The average molecular weight is 545 g/mol. The van der Waals surface area contributed by atoms with Gasteiger partial charge in [0.15, 0.2) is 0 Å². The van der Waals surface area contributed by atoms with Crippen LogP contribution in [0.2, 0.25) is 0 Å². The van der Waals surface area contributed by atoms with Crippen LogP contribution in [0.1, 0.15) is 36.8 Å². The molecule has 1 aromatic heterocycles. The minimum absolute atomic E-state index is 0.167. The molecule has 1 saturated heterocycles. The number of amides is 1. The fraction of sp³-hybridized carbons (Fsp3) is 0.481. The monoisotopic (exact) mass is 544 g/mol. The smallest absolute Gasteiger partial charge is 0.243 e. The molecule has 3 heterocycles. The number of likely N-dealkylation sites (tertiary alicyclic amines) is 1. The number of benzene rings is 2. The Morgan fingerprint density at radius 2 is 2.00 bits per heavy atom. The van der Waals surface area contributed by atoms with Gasteiger partial charge in [-0.05, 0) is 61.3 Å². The number of halogens is 1. The van der Waals surface area contributed by atoms with E-state index in [9.17, 15) is 17.6 Å². The van der Waals surface area contributed by atoms with Gasteiger partial charge in [-0.3, -0.25) is 9.18 Å². The Balaban J connectivity index is 1.42. The van der Waals surface area contributed by atoms with Gasteiger partial charge in [-0.15, -0.1) is 11.3 Å². The quantitative estimate of drug-likeness (QED) is 0.439. The lowest BCUT2D eigenvalue weighted by Gasteiger charge is -2.34. The number of fused-ring (bicyclic) bond motifs is 2. The molecule has 5 rings (SSSR count). The minimum atomic E-state index is -4.00. The Hall–Kier alpha value is -2.56. The molecule has 1 amide bonds. The third-order valence-corrected chi connectivity index (χ3v) is 9.93. The first-order valence-corrected chi connectivity index (χ1v) is 15.2. The number of hydrogen-bond acceptors (Lipinski definition) is 6. The molecule has 0 bridgehead atoms. The molecule has 1 fully saturated rings. The normalized spacial score (nSPS) is 19.4. The molecule has 37 heavy (non-hydrogen) atoms. The zero-order valence-electron chi connectivity index (χ0n) is 21.0. The van der Waals surface area contributed by atoms with E-state index in [-0.39, 0.29) is 29.8 Å². The maximum absolute atomic E-state index is 13.7. The summed E-state index contributed by atoms with van der Waals surface area (Å²) >= 11 is 1.47. The summed E-state index contributed by atoms with van der Waals surface area (Å²) in [5, 5.41) is 3.99. The summed E-state index contributed by atoms with van der Waals surface area (Å²) in [7, 11) is -4.00. The van der Waals surface area contributed by atoms with Crippen LogP contribution in [0.4, 0.5) is 10.1 Å². The highest BCUT2D eigenvalue weighted by molar-refractivity contribution is 7.89. The molecule has 0 spiro atoms. The summed E-state index contributed by atoms with van der Waals surface area (Å²) in [5.41, 5.74) is 2.41. The van der Waals surface area contributed by atoms with Gasteiger partial charge in [-0.25, -0.2) is 13.4 Å². The topological polar surface area (TPSA) is 91.4 Å². The standard InChI is InChI=1S/C27H33FN4O3S2/c1-18-15-20-5-4-8-24(26(20)29-17-18)37(34,35)31-22(16-25-30-21-6-2-3-7-23(21)36-25)27(33)32-13-10-19(9-12-28)11-14-32/h2-8,18-19,22,29,31H,9-17H2,1H3/t18?,22-/m0/s1. The van der Waals surface area contributed by atoms with E-state index >= 15 is 0 Å². The van der Waals surface area contributed by atoms with Crippen molar-refractivity contribution in [2.75, 3.05) is 31.6 Å². The Bertz CT molecular complexity index is 1340. The summed E-state index contributed by atoms with van der Waals surface area (Å²) in [6.07, 6.45) is 2.93. The predicted octanol–water partition coefficient (Wildman–Crippen LogP) is 4.39. The van der Waals surface area contributed by atoms with E-state index in [1.165, 1.54) is 11.3 Å². The lowest BCUT2D eigenvalue weighted by molar-refractivity contribution is -0.134. The predicted molar refractivity (Wildman–Crippen MR) is 145 cm³/mol. The molecule has 2 aliphatic heterocycles. The highest BCUT2D eigenvalue weighted by Gasteiger charge is 2.34. The van der Waals surface area contributed by atoms with Gasteiger partial charge in [0.25, 0.3) is 0 Å². The number of nitrogens with one attached hydrogen (secondary N) is 2. The SMILES string of the molecule is CC1CNc2c(cccc2S(=O)(=O)N[C@@H](Cc2nc3ccccc3s2)C(=O)N2CCC(CCF)CC2)C1. The number of alkyl halides is 1. The van der Waals surface area contributed by atoms with Crippen molar-refractivity contribution in [2.24, 2.45) is 11.8 Å². The number of rotatable bonds is 8. The fourth-order valence-corrected chi connectivity index (χ4v) is 7.75. The first-order valence-electron chi connectivity index (χ1n) is 12.9. The molecular weight excluding hydrogens is 511 g/mol. The number of anilines is 1. The van der Waals surface area contributed by atoms with E-state index in [1.54, 1.807) is 17.0 Å². The molecule has 7 nitrogen and oxygen atoms in total.